The highest BCUT2D eigenvalue weighted by Crippen LogP contribution is 2.29. The van der Waals surface area contributed by atoms with E-state index in [1.165, 1.54) is 0 Å². The molecule has 35 heavy (non-hydrogen) atoms. The maximum Gasteiger partial charge on any atom is 0.341 e. The summed E-state index contributed by atoms with van der Waals surface area (Å²) >= 11 is 0. The van der Waals surface area contributed by atoms with Crippen molar-refractivity contribution in [1.29, 1.82) is 0 Å². The predicted octanol–water partition coefficient (Wildman–Crippen LogP) is 4.60. The zero-order chi connectivity index (χ0) is 24.7. The normalized spacial score (nSPS) is 11.6. The van der Waals surface area contributed by atoms with Crippen molar-refractivity contribution in [3.8, 4) is 5.75 Å². The summed E-state index contributed by atoms with van der Waals surface area (Å²) in [5.41, 5.74) is 2.95. The molecule has 0 radical (unpaired) electrons. The largest absolute Gasteiger partial charge is 0.481 e. The summed E-state index contributed by atoms with van der Waals surface area (Å²) in [6.07, 6.45) is 0.316. The highest BCUT2D eigenvalue weighted by molar-refractivity contribution is 7.89. The quantitative estimate of drug-likeness (QED) is 0.321. The average Bonchev–Trinajstić information content (AvgIpc) is 2.87. The topological polar surface area (TPSA) is 92.7 Å². The van der Waals surface area contributed by atoms with Gasteiger partial charge < -0.3 is 9.84 Å². The van der Waals surface area contributed by atoms with E-state index < -0.39 is 22.6 Å². The third-order valence-corrected chi connectivity index (χ3v) is 7.22. The van der Waals surface area contributed by atoms with Crippen LogP contribution in [-0.2, 0) is 21.2 Å². The molecule has 4 aromatic rings. The number of rotatable bonds is 11. The summed E-state index contributed by atoms with van der Waals surface area (Å²) in [5, 5.41) is 10.5. The van der Waals surface area contributed by atoms with Crippen molar-refractivity contribution in [1.82, 2.24) is 4.72 Å². The molecule has 2 N–H and O–H groups in total. The van der Waals surface area contributed by atoms with Crippen LogP contribution in [0.2, 0.25) is 0 Å². The molecule has 0 atom stereocenters. The Kier molecular flexibility index (Phi) is 7.80. The van der Waals surface area contributed by atoms with E-state index in [4.69, 9.17) is 9.84 Å². The fraction of sp³-hybridized carbons (Fsp3) is 0.179. The van der Waals surface area contributed by atoms with Crippen LogP contribution in [0.15, 0.2) is 97.1 Å². The summed E-state index contributed by atoms with van der Waals surface area (Å²) in [6, 6.07) is 30.6. The molecule has 0 aromatic heterocycles. The van der Waals surface area contributed by atoms with E-state index in [2.05, 4.69) is 4.72 Å². The molecule has 6 nitrogen and oxygen atoms in total. The summed E-state index contributed by atoms with van der Waals surface area (Å²) < 4.78 is 34.1. The molecule has 0 aliphatic carbocycles. The minimum absolute atomic E-state index is 0.0668. The number of nitrogens with one attached hydrogen (secondary N) is 1. The number of fused-ring (bicyclic) bond motifs is 1. The minimum atomic E-state index is -3.55. The molecule has 0 fully saturated rings. The van der Waals surface area contributed by atoms with Crippen LogP contribution in [0.5, 0.6) is 5.75 Å². The van der Waals surface area contributed by atoms with Gasteiger partial charge in [-0.05, 0) is 34.6 Å². The number of hydrogen-bond acceptors (Lipinski definition) is 4. The molecule has 0 saturated heterocycles. The number of aliphatic carboxylic acids is 1. The zero-order valence-electron chi connectivity index (χ0n) is 19.1. The summed E-state index contributed by atoms with van der Waals surface area (Å²) in [6.45, 7) is -0.176. The SMILES string of the molecule is O=C(O)COc1cccc2c(CCS(=O)(=O)NCC(c3ccccc3)c3ccccc3)cccc12. The van der Waals surface area contributed by atoms with Crippen LogP contribution in [0.4, 0.5) is 0 Å². The highest BCUT2D eigenvalue weighted by Gasteiger charge is 2.19. The Hall–Kier alpha value is -3.68. The maximum absolute atomic E-state index is 13.0. The summed E-state index contributed by atoms with van der Waals surface area (Å²) in [4.78, 5) is 10.9. The van der Waals surface area contributed by atoms with Crippen LogP contribution in [-0.4, -0.2) is 38.4 Å². The van der Waals surface area contributed by atoms with Crippen molar-refractivity contribution in [2.75, 3.05) is 18.9 Å². The van der Waals surface area contributed by atoms with Crippen molar-refractivity contribution in [2.24, 2.45) is 0 Å². The molecular weight excluding hydrogens is 462 g/mol. The molecule has 4 aromatic carbocycles. The Morgan fingerprint density at radius 1 is 0.800 bits per heavy atom. The summed E-state index contributed by atoms with van der Waals surface area (Å²) in [7, 11) is -3.55. The number of carboxylic acid groups (broad SMARTS) is 1. The van der Waals surface area contributed by atoms with Crippen molar-refractivity contribution in [2.45, 2.75) is 12.3 Å². The second-order valence-electron chi connectivity index (χ2n) is 8.24. The van der Waals surface area contributed by atoms with E-state index in [0.717, 1.165) is 27.5 Å². The van der Waals surface area contributed by atoms with Crippen molar-refractivity contribution in [3.05, 3.63) is 114 Å². The molecule has 0 spiro atoms. The van der Waals surface area contributed by atoms with Gasteiger partial charge in [-0.3, -0.25) is 0 Å². The average molecular weight is 490 g/mol. The third-order valence-electron chi connectivity index (χ3n) is 5.87. The highest BCUT2D eigenvalue weighted by atomic mass is 32.2. The smallest absolute Gasteiger partial charge is 0.341 e. The Morgan fingerprint density at radius 2 is 1.40 bits per heavy atom. The predicted molar refractivity (Wildman–Crippen MR) is 137 cm³/mol. The number of hydrogen-bond donors (Lipinski definition) is 2. The van der Waals surface area contributed by atoms with Gasteiger partial charge in [0, 0.05) is 17.8 Å². The lowest BCUT2D eigenvalue weighted by atomic mass is 9.92. The van der Waals surface area contributed by atoms with Crippen LogP contribution >= 0.6 is 0 Å². The third kappa shape index (κ3) is 6.47. The van der Waals surface area contributed by atoms with E-state index in [0.29, 0.717) is 12.2 Å². The van der Waals surface area contributed by atoms with Gasteiger partial charge in [-0.1, -0.05) is 91.0 Å². The molecular formula is C28H27NO5S. The Morgan fingerprint density at radius 3 is 2.03 bits per heavy atom. The molecule has 0 amide bonds. The van der Waals surface area contributed by atoms with E-state index in [9.17, 15) is 13.2 Å². The van der Waals surface area contributed by atoms with Crippen molar-refractivity contribution in [3.63, 3.8) is 0 Å². The van der Waals surface area contributed by atoms with E-state index >= 15 is 0 Å². The molecule has 0 aliphatic heterocycles. The Balaban J connectivity index is 1.48. The van der Waals surface area contributed by atoms with Crippen LogP contribution in [0.1, 0.15) is 22.6 Å². The molecule has 4 rings (SSSR count). The van der Waals surface area contributed by atoms with Gasteiger partial charge in [0.2, 0.25) is 10.0 Å². The van der Waals surface area contributed by atoms with Gasteiger partial charge >= 0.3 is 5.97 Å². The number of carbonyl (C=O) groups is 1. The molecule has 0 heterocycles. The first-order chi connectivity index (χ1) is 16.9. The first kappa shape index (κ1) is 24.4. The van der Waals surface area contributed by atoms with Gasteiger partial charge in [-0.15, -0.1) is 0 Å². The standard InChI is InChI=1S/C28H27NO5S/c30-28(31)20-34-27-16-8-14-24-23(13-7-15-25(24)27)17-18-35(32,33)29-19-26(21-9-3-1-4-10-21)22-11-5-2-6-12-22/h1-16,26,29H,17-20H2,(H,30,31). The molecule has 0 bridgehead atoms. The molecule has 0 saturated carbocycles. The maximum atomic E-state index is 13.0. The number of sulfonamides is 1. The zero-order valence-corrected chi connectivity index (χ0v) is 19.9. The van der Waals surface area contributed by atoms with Gasteiger partial charge in [0.1, 0.15) is 5.75 Å². The molecule has 7 heteroatoms. The van der Waals surface area contributed by atoms with Crippen LogP contribution < -0.4 is 9.46 Å². The van der Waals surface area contributed by atoms with Gasteiger partial charge in [0.25, 0.3) is 0 Å². The first-order valence-corrected chi connectivity index (χ1v) is 13.0. The van der Waals surface area contributed by atoms with Crippen LogP contribution in [0.25, 0.3) is 10.8 Å². The number of ether oxygens (including phenoxy) is 1. The second kappa shape index (κ2) is 11.2. The van der Waals surface area contributed by atoms with Gasteiger partial charge in [-0.25, -0.2) is 17.9 Å². The number of aryl methyl sites for hydroxylation is 1. The van der Waals surface area contributed by atoms with Crippen LogP contribution in [0.3, 0.4) is 0 Å². The minimum Gasteiger partial charge on any atom is -0.481 e. The van der Waals surface area contributed by atoms with Gasteiger partial charge in [0.05, 0.1) is 5.75 Å². The number of benzene rings is 4. The van der Waals surface area contributed by atoms with E-state index in [-0.39, 0.29) is 18.2 Å². The Labute approximate surface area is 205 Å². The lowest BCUT2D eigenvalue weighted by Crippen LogP contribution is -2.31. The van der Waals surface area contributed by atoms with Gasteiger partial charge in [0.15, 0.2) is 6.61 Å². The number of carboxylic acids is 1. The second-order valence-corrected chi connectivity index (χ2v) is 10.2. The van der Waals surface area contributed by atoms with E-state index in [1.807, 2.05) is 84.9 Å². The van der Waals surface area contributed by atoms with Crippen LogP contribution in [0, 0.1) is 0 Å². The Bertz CT molecular complexity index is 1350. The first-order valence-electron chi connectivity index (χ1n) is 11.4. The lowest BCUT2D eigenvalue weighted by Gasteiger charge is -2.19. The monoisotopic (exact) mass is 489 g/mol. The summed E-state index contributed by atoms with van der Waals surface area (Å²) in [5.74, 6) is -0.762. The van der Waals surface area contributed by atoms with Crippen molar-refractivity contribution >= 4 is 26.8 Å². The van der Waals surface area contributed by atoms with Crippen molar-refractivity contribution < 1.29 is 23.1 Å². The molecule has 0 unspecified atom stereocenters. The lowest BCUT2D eigenvalue weighted by molar-refractivity contribution is -0.139. The fourth-order valence-corrected chi connectivity index (χ4v) is 5.21. The fourth-order valence-electron chi connectivity index (χ4n) is 4.16. The molecule has 180 valence electrons. The van der Waals surface area contributed by atoms with Gasteiger partial charge in [-0.2, -0.15) is 0 Å². The molecule has 0 aliphatic rings. The van der Waals surface area contributed by atoms with E-state index in [1.54, 1.807) is 12.1 Å².